The van der Waals surface area contributed by atoms with Crippen molar-refractivity contribution in [2.75, 3.05) is 12.4 Å². The SMILES string of the molecule is COc1ccc(C(=O)Nc2nonc2-c2ccc(C(C)C)cc2)cc1Cl. The van der Waals surface area contributed by atoms with Crippen LogP contribution in [0.4, 0.5) is 5.82 Å². The number of carbonyl (C=O) groups excluding carboxylic acids is 1. The van der Waals surface area contributed by atoms with E-state index in [1.807, 2.05) is 24.3 Å². The van der Waals surface area contributed by atoms with Crippen molar-refractivity contribution in [3.05, 3.63) is 58.6 Å². The van der Waals surface area contributed by atoms with Gasteiger partial charge in [0.2, 0.25) is 5.82 Å². The number of hydrogen-bond acceptors (Lipinski definition) is 5. The number of nitrogens with one attached hydrogen (secondary N) is 1. The summed E-state index contributed by atoms with van der Waals surface area (Å²) in [6, 6.07) is 12.7. The number of rotatable bonds is 5. The van der Waals surface area contributed by atoms with Gasteiger partial charge in [0, 0.05) is 11.1 Å². The third-order valence-electron chi connectivity index (χ3n) is 3.99. The number of methoxy groups -OCH3 is 1. The number of halogens is 1. The molecule has 0 saturated heterocycles. The second-order valence-electron chi connectivity index (χ2n) is 6.04. The zero-order valence-electron chi connectivity index (χ0n) is 14.6. The number of ether oxygens (including phenoxy) is 1. The van der Waals surface area contributed by atoms with Crippen molar-refractivity contribution in [3.63, 3.8) is 0 Å². The minimum atomic E-state index is -0.370. The van der Waals surface area contributed by atoms with Crippen molar-refractivity contribution in [2.24, 2.45) is 0 Å². The lowest BCUT2D eigenvalue weighted by molar-refractivity contribution is 0.102. The minimum absolute atomic E-state index is 0.249. The molecule has 3 aromatic rings. The maximum absolute atomic E-state index is 12.5. The van der Waals surface area contributed by atoms with Gasteiger partial charge in [-0.1, -0.05) is 49.7 Å². The van der Waals surface area contributed by atoms with Gasteiger partial charge in [0.05, 0.1) is 12.1 Å². The van der Waals surface area contributed by atoms with E-state index in [0.29, 0.717) is 27.9 Å². The van der Waals surface area contributed by atoms with Gasteiger partial charge in [-0.15, -0.1) is 0 Å². The first-order chi connectivity index (χ1) is 12.5. The largest absolute Gasteiger partial charge is 0.495 e. The maximum Gasteiger partial charge on any atom is 0.257 e. The van der Waals surface area contributed by atoms with E-state index in [1.54, 1.807) is 12.1 Å². The number of nitrogens with zero attached hydrogens (tertiary/aromatic N) is 2. The van der Waals surface area contributed by atoms with Crippen molar-refractivity contribution in [1.82, 2.24) is 10.3 Å². The van der Waals surface area contributed by atoms with Gasteiger partial charge >= 0.3 is 0 Å². The van der Waals surface area contributed by atoms with Gasteiger partial charge in [-0.05, 0) is 40.0 Å². The molecular formula is C19H18ClN3O3. The van der Waals surface area contributed by atoms with Gasteiger partial charge < -0.3 is 10.1 Å². The van der Waals surface area contributed by atoms with E-state index < -0.39 is 0 Å². The Hall–Kier alpha value is -2.86. The fraction of sp³-hybridized carbons (Fsp3) is 0.211. The minimum Gasteiger partial charge on any atom is -0.495 e. The molecule has 3 rings (SSSR count). The van der Waals surface area contributed by atoms with Crippen molar-refractivity contribution in [2.45, 2.75) is 19.8 Å². The van der Waals surface area contributed by atoms with Gasteiger partial charge in [0.25, 0.3) is 5.91 Å². The van der Waals surface area contributed by atoms with Crippen molar-refractivity contribution >= 4 is 23.3 Å². The van der Waals surface area contributed by atoms with Crippen LogP contribution in [0.2, 0.25) is 5.02 Å². The molecule has 1 N–H and O–H groups in total. The maximum atomic E-state index is 12.5. The van der Waals surface area contributed by atoms with E-state index in [4.69, 9.17) is 21.0 Å². The number of aromatic nitrogens is 2. The highest BCUT2D eigenvalue weighted by Crippen LogP contribution is 2.28. The first-order valence-corrected chi connectivity index (χ1v) is 8.45. The van der Waals surface area contributed by atoms with Crippen molar-refractivity contribution < 1.29 is 14.2 Å². The second-order valence-corrected chi connectivity index (χ2v) is 6.45. The quantitative estimate of drug-likeness (QED) is 0.698. The smallest absolute Gasteiger partial charge is 0.257 e. The van der Waals surface area contributed by atoms with Crippen LogP contribution >= 0.6 is 11.6 Å². The average Bonchev–Trinajstić information content (AvgIpc) is 3.09. The van der Waals surface area contributed by atoms with Crippen molar-refractivity contribution in [3.8, 4) is 17.0 Å². The van der Waals surface area contributed by atoms with E-state index in [-0.39, 0.29) is 11.7 Å². The Kier molecular flexibility index (Phi) is 5.23. The monoisotopic (exact) mass is 371 g/mol. The molecule has 0 aliphatic rings. The van der Waals surface area contributed by atoms with E-state index in [2.05, 4.69) is 29.5 Å². The molecule has 1 aromatic heterocycles. The van der Waals surface area contributed by atoms with Crippen LogP contribution in [-0.4, -0.2) is 23.3 Å². The van der Waals surface area contributed by atoms with Crippen LogP contribution < -0.4 is 10.1 Å². The number of anilines is 1. The molecule has 0 atom stereocenters. The average molecular weight is 372 g/mol. The Morgan fingerprint density at radius 1 is 1.15 bits per heavy atom. The lowest BCUT2D eigenvalue weighted by atomic mass is 10.0. The summed E-state index contributed by atoms with van der Waals surface area (Å²) < 4.78 is 9.90. The molecule has 0 unspecified atom stereocenters. The molecule has 0 bridgehead atoms. The lowest BCUT2D eigenvalue weighted by Crippen LogP contribution is -2.13. The van der Waals surface area contributed by atoms with Crippen LogP contribution in [0.3, 0.4) is 0 Å². The fourth-order valence-electron chi connectivity index (χ4n) is 2.47. The summed E-state index contributed by atoms with van der Waals surface area (Å²) in [5.74, 6) is 0.806. The van der Waals surface area contributed by atoms with E-state index in [9.17, 15) is 4.79 Å². The molecule has 0 aliphatic carbocycles. The first-order valence-electron chi connectivity index (χ1n) is 8.07. The molecule has 7 heteroatoms. The summed E-state index contributed by atoms with van der Waals surface area (Å²) >= 11 is 6.07. The molecule has 0 spiro atoms. The van der Waals surface area contributed by atoms with Crippen LogP contribution in [0.1, 0.15) is 35.7 Å². The molecule has 1 heterocycles. The van der Waals surface area contributed by atoms with E-state index >= 15 is 0 Å². The Morgan fingerprint density at radius 3 is 2.50 bits per heavy atom. The summed E-state index contributed by atoms with van der Waals surface area (Å²) in [6.45, 7) is 4.25. The predicted octanol–water partition coefficient (Wildman–Crippen LogP) is 4.77. The molecule has 0 radical (unpaired) electrons. The second kappa shape index (κ2) is 7.58. The van der Waals surface area contributed by atoms with Crippen LogP contribution in [-0.2, 0) is 0 Å². The number of carbonyl (C=O) groups is 1. The van der Waals surface area contributed by atoms with Gasteiger partial charge in [0.15, 0.2) is 5.69 Å². The van der Waals surface area contributed by atoms with Crippen molar-refractivity contribution in [1.29, 1.82) is 0 Å². The fourth-order valence-corrected chi connectivity index (χ4v) is 2.73. The molecule has 6 nitrogen and oxygen atoms in total. The van der Waals surface area contributed by atoms with Gasteiger partial charge in [0.1, 0.15) is 5.75 Å². The van der Waals surface area contributed by atoms with E-state index in [1.165, 1.54) is 18.7 Å². The Balaban J connectivity index is 1.82. The summed E-state index contributed by atoms with van der Waals surface area (Å²) in [5.41, 5.74) is 2.86. The zero-order chi connectivity index (χ0) is 18.7. The highest BCUT2D eigenvalue weighted by molar-refractivity contribution is 6.32. The number of hydrogen-bond donors (Lipinski definition) is 1. The van der Waals surface area contributed by atoms with Gasteiger partial charge in [-0.2, -0.15) is 0 Å². The normalized spacial score (nSPS) is 10.8. The lowest BCUT2D eigenvalue weighted by Gasteiger charge is -2.07. The number of amides is 1. The summed E-state index contributed by atoms with van der Waals surface area (Å²) in [4.78, 5) is 12.5. The third-order valence-corrected chi connectivity index (χ3v) is 4.28. The molecular weight excluding hydrogens is 354 g/mol. The topological polar surface area (TPSA) is 77.2 Å². The van der Waals surface area contributed by atoms with Crippen LogP contribution in [0.25, 0.3) is 11.3 Å². The highest BCUT2D eigenvalue weighted by Gasteiger charge is 2.17. The Morgan fingerprint density at radius 2 is 1.88 bits per heavy atom. The first kappa shape index (κ1) is 17.9. The molecule has 1 amide bonds. The van der Waals surface area contributed by atoms with Crippen LogP contribution in [0.5, 0.6) is 5.75 Å². The summed E-state index contributed by atoms with van der Waals surface area (Å²) in [7, 11) is 1.51. The zero-order valence-corrected chi connectivity index (χ0v) is 15.4. The molecule has 0 fully saturated rings. The third kappa shape index (κ3) is 3.70. The van der Waals surface area contributed by atoms with E-state index in [0.717, 1.165) is 5.56 Å². The predicted molar refractivity (Wildman–Crippen MR) is 99.8 cm³/mol. The number of benzene rings is 2. The molecule has 0 aliphatic heterocycles. The molecule has 2 aromatic carbocycles. The molecule has 0 saturated carbocycles. The Labute approximate surface area is 156 Å². The van der Waals surface area contributed by atoms with Gasteiger partial charge in [-0.25, -0.2) is 4.63 Å². The highest BCUT2D eigenvalue weighted by atomic mass is 35.5. The summed E-state index contributed by atoms with van der Waals surface area (Å²) in [6.07, 6.45) is 0. The standard InChI is InChI=1S/C19H18ClN3O3/c1-11(2)12-4-6-13(7-5-12)17-18(23-26-22-17)21-19(24)14-8-9-16(25-3)15(20)10-14/h4-11H,1-3H3,(H,21,23,24). The Bertz CT molecular complexity index is 920. The van der Waals surface area contributed by atoms with Gasteiger partial charge in [-0.3, -0.25) is 4.79 Å². The van der Waals surface area contributed by atoms with Crippen LogP contribution in [0, 0.1) is 0 Å². The molecule has 26 heavy (non-hydrogen) atoms. The summed E-state index contributed by atoms with van der Waals surface area (Å²) in [5, 5.41) is 10.8. The van der Waals surface area contributed by atoms with Crippen LogP contribution in [0.15, 0.2) is 47.1 Å². The molecule has 134 valence electrons.